The topological polar surface area (TPSA) is 85.3 Å². The highest BCUT2D eigenvalue weighted by Crippen LogP contribution is 2.27. The minimum absolute atomic E-state index is 0.0764. The van der Waals surface area contributed by atoms with E-state index in [9.17, 15) is 9.18 Å². The van der Waals surface area contributed by atoms with Crippen molar-refractivity contribution in [2.75, 3.05) is 0 Å². The monoisotopic (exact) mass is 468 g/mol. The average molecular weight is 469 g/mol. The third kappa shape index (κ3) is 5.46. The largest absolute Gasteiger partial charge is 0.441 e. The van der Waals surface area contributed by atoms with Gasteiger partial charge in [-0.25, -0.2) is 9.37 Å². The van der Waals surface area contributed by atoms with Gasteiger partial charge >= 0.3 is 0 Å². The second-order valence-corrected chi connectivity index (χ2v) is 8.13. The van der Waals surface area contributed by atoms with Gasteiger partial charge in [-0.2, -0.15) is 0 Å². The normalized spacial score (nSPS) is 11.2. The molecule has 0 aliphatic carbocycles. The summed E-state index contributed by atoms with van der Waals surface area (Å²) >= 11 is 6.20. The van der Waals surface area contributed by atoms with Gasteiger partial charge in [-0.1, -0.05) is 23.7 Å². The molecule has 33 heavy (non-hydrogen) atoms. The van der Waals surface area contributed by atoms with E-state index in [2.05, 4.69) is 15.2 Å². The zero-order valence-electron chi connectivity index (χ0n) is 18.2. The summed E-state index contributed by atoms with van der Waals surface area (Å²) in [5.74, 6) is 1.17. The summed E-state index contributed by atoms with van der Waals surface area (Å²) in [7, 11) is 0. The van der Waals surface area contributed by atoms with Crippen LogP contribution in [0.2, 0.25) is 5.02 Å². The highest BCUT2D eigenvalue weighted by molar-refractivity contribution is 6.33. The molecule has 0 aliphatic heterocycles. The Morgan fingerprint density at radius 1 is 1.06 bits per heavy atom. The number of hydrogen-bond acceptors (Lipinski definition) is 6. The van der Waals surface area contributed by atoms with Crippen molar-refractivity contribution in [2.24, 2.45) is 0 Å². The van der Waals surface area contributed by atoms with E-state index in [1.54, 1.807) is 35.4 Å². The third-order valence-corrected chi connectivity index (χ3v) is 5.39. The minimum Gasteiger partial charge on any atom is -0.441 e. The summed E-state index contributed by atoms with van der Waals surface area (Å²) in [6.07, 6.45) is 2.10. The summed E-state index contributed by atoms with van der Waals surface area (Å²) in [6.45, 7) is 4.02. The molecule has 2 heterocycles. The fraction of sp³-hybridized carbons (Fsp3) is 0.250. The summed E-state index contributed by atoms with van der Waals surface area (Å²) in [6, 6.07) is 13.1. The van der Waals surface area contributed by atoms with Crippen LogP contribution in [-0.2, 0) is 17.8 Å². The first kappa shape index (κ1) is 22.7. The summed E-state index contributed by atoms with van der Waals surface area (Å²) < 4.78 is 24.6. The number of carbonyl (C=O) groups excluding carboxylic acids is 1. The fourth-order valence-electron chi connectivity index (χ4n) is 3.30. The number of benzene rings is 2. The quantitative estimate of drug-likeness (QED) is 0.337. The molecule has 170 valence electrons. The van der Waals surface area contributed by atoms with Crippen LogP contribution in [0.1, 0.15) is 32.0 Å². The Morgan fingerprint density at radius 3 is 2.55 bits per heavy atom. The van der Waals surface area contributed by atoms with Crippen LogP contribution in [0.4, 0.5) is 4.39 Å². The Hall–Kier alpha value is -3.52. The van der Waals surface area contributed by atoms with Gasteiger partial charge in [-0.3, -0.25) is 4.79 Å². The number of hydrogen-bond donors (Lipinski definition) is 0. The number of halogens is 2. The Bertz CT molecular complexity index is 1240. The molecule has 0 radical (unpaired) electrons. The summed E-state index contributed by atoms with van der Waals surface area (Å²) in [5.41, 5.74) is 1.36. The molecule has 0 atom stereocenters. The number of aromatic nitrogens is 3. The van der Waals surface area contributed by atoms with Crippen LogP contribution in [0.5, 0.6) is 0 Å². The van der Waals surface area contributed by atoms with Gasteiger partial charge in [0.1, 0.15) is 5.82 Å². The number of amides is 1. The van der Waals surface area contributed by atoms with Crippen molar-refractivity contribution in [1.82, 2.24) is 20.1 Å². The minimum atomic E-state index is -0.321. The lowest BCUT2D eigenvalue weighted by molar-refractivity contribution is -0.134. The molecule has 2 aromatic carbocycles. The van der Waals surface area contributed by atoms with Gasteiger partial charge in [0.25, 0.3) is 0 Å². The van der Waals surface area contributed by atoms with Crippen molar-refractivity contribution in [3.8, 4) is 22.8 Å². The van der Waals surface area contributed by atoms with Crippen LogP contribution >= 0.6 is 11.6 Å². The molecule has 0 N–H and O–H groups in total. The third-order valence-electron chi connectivity index (χ3n) is 5.06. The Labute approximate surface area is 195 Å². The van der Waals surface area contributed by atoms with E-state index in [4.69, 9.17) is 20.4 Å². The van der Waals surface area contributed by atoms with Crippen molar-refractivity contribution in [3.05, 3.63) is 77.3 Å². The van der Waals surface area contributed by atoms with Gasteiger partial charge in [0, 0.05) is 24.4 Å². The zero-order valence-corrected chi connectivity index (χ0v) is 18.9. The smallest absolute Gasteiger partial charge is 0.249 e. The van der Waals surface area contributed by atoms with E-state index in [1.165, 1.54) is 12.1 Å². The molecule has 2 aromatic heterocycles. The second-order valence-electron chi connectivity index (χ2n) is 7.72. The average Bonchev–Trinajstić information content (AvgIpc) is 3.46. The molecule has 0 fully saturated rings. The number of oxazole rings is 1. The van der Waals surface area contributed by atoms with Gasteiger partial charge in [-0.15, -0.1) is 10.2 Å². The SMILES string of the molecule is CC(C)N(Cc1nnc(-c2ccccc2Cl)o1)C(=O)CCc1ncc(-c2ccc(F)cc2)o1. The molecular weight excluding hydrogens is 447 g/mol. The van der Waals surface area contributed by atoms with Gasteiger partial charge in [0.15, 0.2) is 11.7 Å². The molecule has 1 amide bonds. The molecule has 9 heteroatoms. The Morgan fingerprint density at radius 2 is 1.82 bits per heavy atom. The second kappa shape index (κ2) is 9.95. The molecule has 0 unspecified atom stereocenters. The number of nitrogens with zero attached hydrogens (tertiary/aromatic N) is 4. The predicted molar refractivity (Wildman–Crippen MR) is 121 cm³/mol. The van der Waals surface area contributed by atoms with Crippen molar-refractivity contribution in [2.45, 2.75) is 39.3 Å². The molecule has 7 nitrogen and oxygen atoms in total. The molecule has 4 rings (SSSR count). The van der Waals surface area contributed by atoms with E-state index in [0.717, 1.165) is 5.56 Å². The molecule has 0 saturated heterocycles. The zero-order chi connectivity index (χ0) is 23.4. The maximum absolute atomic E-state index is 13.1. The lowest BCUT2D eigenvalue weighted by Crippen LogP contribution is -2.36. The molecule has 0 saturated carbocycles. The van der Waals surface area contributed by atoms with Crippen LogP contribution in [0.15, 0.2) is 63.6 Å². The lowest BCUT2D eigenvalue weighted by Gasteiger charge is -2.25. The first-order chi connectivity index (χ1) is 15.9. The summed E-state index contributed by atoms with van der Waals surface area (Å²) in [4.78, 5) is 18.8. The van der Waals surface area contributed by atoms with Crippen molar-refractivity contribution in [1.29, 1.82) is 0 Å². The maximum Gasteiger partial charge on any atom is 0.249 e. The maximum atomic E-state index is 13.1. The first-order valence-corrected chi connectivity index (χ1v) is 10.9. The van der Waals surface area contributed by atoms with Gasteiger partial charge in [0.05, 0.1) is 23.3 Å². The Kier molecular flexibility index (Phi) is 6.84. The number of rotatable bonds is 8. The van der Waals surface area contributed by atoms with E-state index < -0.39 is 0 Å². The molecule has 4 aromatic rings. The van der Waals surface area contributed by atoms with E-state index >= 15 is 0 Å². The molecule has 0 bridgehead atoms. The molecular formula is C24H22ClFN4O3. The van der Waals surface area contributed by atoms with E-state index in [-0.39, 0.29) is 30.7 Å². The molecule has 0 aliphatic rings. The molecule has 0 spiro atoms. The standard InChI is InChI=1S/C24H22ClFN4O3/c1-15(2)30(14-22-28-29-24(33-22)18-5-3-4-6-19(18)25)23(31)12-11-21-27-13-20(32-21)16-7-9-17(26)10-8-16/h3-10,13,15H,11-12,14H2,1-2H3. The number of carbonyl (C=O) groups is 1. The van der Waals surface area contributed by atoms with Crippen LogP contribution in [0.25, 0.3) is 22.8 Å². The Balaban J connectivity index is 1.39. The fourth-order valence-corrected chi connectivity index (χ4v) is 3.51. The van der Waals surface area contributed by atoms with Crippen molar-refractivity contribution >= 4 is 17.5 Å². The predicted octanol–water partition coefficient (Wildman–Crippen LogP) is 5.55. The summed E-state index contributed by atoms with van der Waals surface area (Å²) in [5, 5.41) is 8.64. The van der Waals surface area contributed by atoms with Gasteiger partial charge in [-0.05, 0) is 50.2 Å². The van der Waals surface area contributed by atoms with Gasteiger partial charge < -0.3 is 13.7 Å². The highest BCUT2D eigenvalue weighted by atomic mass is 35.5. The number of aryl methyl sites for hydroxylation is 1. The highest BCUT2D eigenvalue weighted by Gasteiger charge is 2.22. The van der Waals surface area contributed by atoms with E-state index in [0.29, 0.717) is 40.4 Å². The van der Waals surface area contributed by atoms with E-state index in [1.807, 2.05) is 26.0 Å². The first-order valence-electron chi connectivity index (χ1n) is 10.5. The van der Waals surface area contributed by atoms with Crippen LogP contribution in [0.3, 0.4) is 0 Å². The van der Waals surface area contributed by atoms with Crippen molar-refractivity contribution in [3.63, 3.8) is 0 Å². The van der Waals surface area contributed by atoms with Crippen molar-refractivity contribution < 1.29 is 18.0 Å². The van der Waals surface area contributed by atoms with Crippen LogP contribution in [-0.4, -0.2) is 32.0 Å². The lowest BCUT2D eigenvalue weighted by atomic mass is 10.2. The van der Waals surface area contributed by atoms with Crippen LogP contribution < -0.4 is 0 Å². The van der Waals surface area contributed by atoms with Gasteiger partial charge in [0.2, 0.25) is 17.7 Å². The van der Waals surface area contributed by atoms with Crippen LogP contribution in [0, 0.1) is 5.82 Å².